The fourth-order valence-corrected chi connectivity index (χ4v) is 12.9. The summed E-state index contributed by atoms with van der Waals surface area (Å²) in [5, 5.41) is 0. The van der Waals surface area contributed by atoms with Crippen LogP contribution in [0, 0.1) is 27.7 Å². The Morgan fingerprint density at radius 2 is 0.400 bits per heavy atom. The van der Waals surface area contributed by atoms with E-state index < -0.39 is 0 Å². The van der Waals surface area contributed by atoms with Crippen LogP contribution in [-0.2, 0) is 0 Å². The van der Waals surface area contributed by atoms with E-state index in [0.29, 0.717) is 0 Å². The maximum Gasteiger partial charge on any atom is 0.0569 e. The molecule has 90 heavy (non-hydrogen) atoms. The number of rotatable bonds is 15. The third kappa shape index (κ3) is 11.6. The summed E-state index contributed by atoms with van der Waals surface area (Å²) in [5.74, 6) is 0. The van der Waals surface area contributed by atoms with Gasteiger partial charge in [-0.15, -0.1) is 0 Å². The molecule has 430 valence electrons. The van der Waals surface area contributed by atoms with E-state index in [0.717, 1.165) is 56.4 Å². The topological polar surface area (TPSA) is 6.48 Å². The van der Waals surface area contributed by atoms with Crippen molar-refractivity contribution in [2.45, 2.75) is 27.7 Å². The first-order valence-electron chi connectivity index (χ1n) is 31.1. The molecule has 0 fully saturated rings. The Morgan fingerprint density at radius 1 is 0.167 bits per heavy atom. The van der Waals surface area contributed by atoms with Gasteiger partial charge in [0.2, 0.25) is 0 Å². The molecule has 0 saturated carbocycles. The van der Waals surface area contributed by atoms with Crippen molar-refractivity contribution in [2.75, 3.05) is 9.80 Å². The first-order chi connectivity index (χ1) is 44.3. The Balaban J connectivity index is 0.851. The third-order valence-electron chi connectivity index (χ3n) is 17.6. The molecule has 2 nitrogen and oxygen atoms in total. The van der Waals surface area contributed by atoms with Crippen LogP contribution in [-0.4, -0.2) is 0 Å². The molecular formula is C88H68N2. The van der Waals surface area contributed by atoms with Crippen molar-refractivity contribution in [1.82, 2.24) is 0 Å². The normalized spacial score (nSPS) is 11.1. The van der Waals surface area contributed by atoms with Gasteiger partial charge >= 0.3 is 0 Å². The van der Waals surface area contributed by atoms with Crippen molar-refractivity contribution in [2.24, 2.45) is 0 Å². The zero-order valence-corrected chi connectivity index (χ0v) is 51.2. The molecule has 0 atom stereocenters. The van der Waals surface area contributed by atoms with Crippen LogP contribution in [0.25, 0.3) is 100 Å². The molecule has 14 aromatic rings. The molecule has 2 heteroatoms. The zero-order valence-electron chi connectivity index (χ0n) is 51.2. The molecule has 0 spiro atoms. The van der Waals surface area contributed by atoms with Crippen LogP contribution in [0.2, 0.25) is 0 Å². The molecule has 0 amide bonds. The summed E-state index contributed by atoms with van der Waals surface area (Å²) >= 11 is 0. The lowest BCUT2D eigenvalue weighted by Crippen LogP contribution is -2.14. The van der Waals surface area contributed by atoms with Crippen LogP contribution in [0.4, 0.5) is 34.1 Å². The van der Waals surface area contributed by atoms with Gasteiger partial charge in [-0.05, 0) is 200 Å². The molecule has 0 aliphatic heterocycles. The molecule has 0 aromatic heterocycles. The fourth-order valence-electron chi connectivity index (χ4n) is 12.9. The zero-order chi connectivity index (χ0) is 60.9. The van der Waals surface area contributed by atoms with E-state index in [9.17, 15) is 0 Å². The summed E-state index contributed by atoms with van der Waals surface area (Å²) in [5.41, 5.74) is 32.7. The second-order valence-corrected chi connectivity index (χ2v) is 23.5. The highest BCUT2D eigenvalue weighted by Gasteiger charge is 2.24. The number of benzene rings is 14. The molecule has 0 N–H and O–H groups in total. The van der Waals surface area contributed by atoms with Crippen molar-refractivity contribution in [3.05, 3.63) is 362 Å². The van der Waals surface area contributed by atoms with E-state index in [1.165, 1.54) is 100 Å². The maximum absolute atomic E-state index is 2.48. The van der Waals surface area contributed by atoms with Gasteiger partial charge in [0, 0.05) is 33.9 Å². The Kier molecular flexibility index (Phi) is 15.8. The van der Waals surface area contributed by atoms with Crippen molar-refractivity contribution in [3.63, 3.8) is 0 Å². The molecule has 0 heterocycles. The lowest BCUT2D eigenvalue weighted by atomic mass is 9.94. The fraction of sp³-hybridized carbons (Fsp3) is 0.0455. The van der Waals surface area contributed by atoms with Gasteiger partial charge in [-0.2, -0.15) is 0 Å². The van der Waals surface area contributed by atoms with E-state index in [2.05, 4.69) is 377 Å². The third-order valence-corrected chi connectivity index (χ3v) is 17.6. The number of aryl methyl sites for hydroxylation is 4. The monoisotopic (exact) mass is 1150 g/mol. The minimum absolute atomic E-state index is 1.09. The summed E-state index contributed by atoms with van der Waals surface area (Å²) in [7, 11) is 0. The van der Waals surface area contributed by atoms with Gasteiger partial charge in [0.05, 0.1) is 11.4 Å². The SMILES string of the molecule is Cc1cc(-c2ccc(N(c3ccc(-c4cccc(-c5ccccc5)c4)cc3)c3c(C)cccc3-c3ccc(-c4ccccc4)cc3)c(C)c2)ccc1N(c1ccc(-c2cccc(-c3ccccc3)c2)cc1)c1c(C)cccc1-c1ccc(-c2ccccc2)cc1. The Labute approximate surface area is 530 Å². The minimum Gasteiger partial charge on any atom is -0.309 e. The number of para-hydroxylation sites is 2. The standard InChI is InChI=1S/C88H68N2/c1-61-21-17-35-83(73-41-37-69(38-42-73)65-23-9-5-10-24-65)87(61)89(81-51-45-71(46-52-81)77-33-19-31-75(59-77)67-27-13-7-14-28-67)85-55-49-79(57-63(85)3)80-50-56-86(64(4)58-80)90(82-53-47-72(48-54-82)78-34-20-32-76(60-78)68-29-15-8-16-30-68)88-62(2)22-18-36-84(88)74-43-39-70(40-44-74)66-25-11-6-12-26-66/h5-60H,1-4H3. The highest BCUT2D eigenvalue weighted by Crippen LogP contribution is 2.48. The van der Waals surface area contributed by atoms with Gasteiger partial charge in [-0.25, -0.2) is 0 Å². The van der Waals surface area contributed by atoms with Crippen molar-refractivity contribution in [3.8, 4) is 100 Å². The summed E-state index contributed by atoms with van der Waals surface area (Å²) < 4.78 is 0. The lowest BCUT2D eigenvalue weighted by molar-refractivity contribution is 1.22. The quantitative estimate of drug-likeness (QED) is 0.101. The van der Waals surface area contributed by atoms with E-state index in [1.807, 2.05) is 0 Å². The first-order valence-corrected chi connectivity index (χ1v) is 31.1. The second kappa shape index (κ2) is 25.2. The Morgan fingerprint density at radius 3 is 0.722 bits per heavy atom. The van der Waals surface area contributed by atoms with Gasteiger partial charge in [-0.3, -0.25) is 0 Å². The molecule has 0 saturated heterocycles. The largest absolute Gasteiger partial charge is 0.309 e. The lowest BCUT2D eigenvalue weighted by Gasteiger charge is -2.31. The Bertz CT molecular complexity index is 4490. The summed E-state index contributed by atoms with van der Waals surface area (Å²) in [6.45, 7) is 9.01. The molecule has 0 unspecified atom stereocenters. The van der Waals surface area contributed by atoms with E-state index >= 15 is 0 Å². The smallest absolute Gasteiger partial charge is 0.0569 e. The highest BCUT2D eigenvalue weighted by molar-refractivity contribution is 5.95. The second-order valence-electron chi connectivity index (χ2n) is 23.5. The molecule has 0 aliphatic rings. The molecular weight excluding hydrogens is 1080 g/mol. The van der Waals surface area contributed by atoms with Gasteiger partial charge < -0.3 is 9.80 Å². The van der Waals surface area contributed by atoms with E-state index in [-0.39, 0.29) is 0 Å². The molecule has 0 aliphatic carbocycles. The predicted octanol–water partition coefficient (Wildman–Crippen LogP) is 24.9. The summed E-state index contributed by atoms with van der Waals surface area (Å²) in [6, 6.07) is 124. The van der Waals surface area contributed by atoms with Gasteiger partial charge in [0.15, 0.2) is 0 Å². The number of hydrogen-bond donors (Lipinski definition) is 0. The average molecular weight is 1150 g/mol. The first kappa shape index (κ1) is 56.5. The van der Waals surface area contributed by atoms with Gasteiger partial charge in [0.25, 0.3) is 0 Å². The molecule has 14 aromatic carbocycles. The van der Waals surface area contributed by atoms with Crippen molar-refractivity contribution in [1.29, 1.82) is 0 Å². The van der Waals surface area contributed by atoms with Crippen LogP contribution in [0.1, 0.15) is 22.3 Å². The average Bonchev–Trinajstić information content (AvgIpc) is 0.968. The summed E-state index contributed by atoms with van der Waals surface area (Å²) in [4.78, 5) is 4.96. The van der Waals surface area contributed by atoms with Crippen LogP contribution in [0.15, 0.2) is 340 Å². The highest BCUT2D eigenvalue weighted by atomic mass is 15.2. The minimum atomic E-state index is 1.09. The van der Waals surface area contributed by atoms with Crippen molar-refractivity contribution >= 4 is 34.1 Å². The van der Waals surface area contributed by atoms with Crippen LogP contribution in [0.5, 0.6) is 0 Å². The molecule has 14 rings (SSSR count). The van der Waals surface area contributed by atoms with Crippen LogP contribution >= 0.6 is 0 Å². The number of hydrogen-bond acceptors (Lipinski definition) is 2. The number of anilines is 6. The van der Waals surface area contributed by atoms with E-state index in [4.69, 9.17) is 0 Å². The van der Waals surface area contributed by atoms with Crippen molar-refractivity contribution < 1.29 is 0 Å². The van der Waals surface area contributed by atoms with Crippen LogP contribution in [0.3, 0.4) is 0 Å². The molecule has 0 radical (unpaired) electrons. The maximum atomic E-state index is 2.48. The summed E-state index contributed by atoms with van der Waals surface area (Å²) in [6.07, 6.45) is 0. The molecule has 0 bridgehead atoms. The van der Waals surface area contributed by atoms with Gasteiger partial charge in [0.1, 0.15) is 0 Å². The van der Waals surface area contributed by atoms with Crippen LogP contribution < -0.4 is 9.80 Å². The Hall–Kier alpha value is -11.3. The number of nitrogens with zero attached hydrogens (tertiary/aromatic N) is 2. The predicted molar refractivity (Wildman–Crippen MR) is 384 cm³/mol. The van der Waals surface area contributed by atoms with Gasteiger partial charge in [-0.1, -0.05) is 279 Å². The van der Waals surface area contributed by atoms with E-state index in [1.54, 1.807) is 0 Å².